The van der Waals surface area contributed by atoms with E-state index in [1.807, 2.05) is 6.26 Å². The molecule has 5 N–H and O–H groups in total. The summed E-state index contributed by atoms with van der Waals surface area (Å²) in [5, 5.41) is 15.6. The molecule has 0 spiro atoms. The molecule has 0 aliphatic rings. The minimum absolute atomic E-state index is 0.0570. The molecule has 21 heavy (non-hydrogen) atoms. The number of carboxylic acid groups (broad SMARTS) is 1. The molecule has 116 valence electrons. The fourth-order valence-corrected chi connectivity index (χ4v) is 2.63. The van der Waals surface area contributed by atoms with E-state index in [0.717, 1.165) is 11.3 Å². The number of rotatable bonds is 8. The normalized spacial score (nSPS) is 11.7. The van der Waals surface area contributed by atoms with Gasteiger partial charge in [-0.3, -0.25) is 4.79 Å². The first-order valence-electron chi connectivity index (χ1n) is 5.94. The predicted molar refractivity (Wildman–Crippen MR) is 80.4 cm³/mol. The number of aromatic nitrogens is 1. The fourth-order valence-electron chi connectivity index (χ4n) is 1.45. The second-order valence-electron chi connectivity index (χ2n) is 3.99. The van der Waals surface area contributed by atoms with Gasteiger partial charge in [-0.25, -0.2) is 14.6 Å². The van der Waals surface area contributed by atoms with Gasteiger partial charge in [0.1, 0.15) is 11.0 Å². The third-order valence-electron chi connectivity index (χ3n) is 2.43. The number of amides is 3. The Kier molecular flexibility index (Phi) is 6.96. The maximum atomic E-state index is 12.0. The molecule has 0 aromatic carbocycles. The molecule has 1 aromatic heterocycles. The van der Waals surface area contributed by atoms with Gasteiger partial charge in [-0.1, -0.05) is 0 Å². The second kappa shape index (κ2) is 8.47. The molecule has 0 aliphatic carbocycles. The van der Waals surface area contributed by atoms with Gasteiger partial charge >= 0.3 is 12.0 Å². The molecule has 1 atom stereocenters. The van der Waals surface area contributed by atoms with Crippen LogP contribution in [0.2, 0.25) is 0 Å². The molecule has 0 aliphatic heterocycles. The van der Waals surface area contributed by atoms with Crippen LogP contribution in [0.5, 0.6) is 0 Å². The average Bonchev–Trinajstić information content (AvgIpc) is 2.89. The third-order valence-corrected chi connectivity index (χ3v) is 3.92. The van der Waals surface area contributed by atoms with Crippen molar-refractivity contribution >= 4 is 41.0 Å². The van der Waals surface area contributed by atoms with Crippen molar-refractivity contribution in [1.82, 2.24) is 15.6 Å². The zero-order valence-corrected chi connectivity index (χ0v) is 12.9. The number of nitrogens with one attached hydrogen (secondary N) is 2. The van der Waals surface area contributed by atoms with Crippen molar-refractivity contribution in [1.29, 1.82) is 0 Å². The summed E-state index contributed by atoms with van der Waals surface area (Å²) in [6, 6.07) is -1.48. The molecule has 0 radical (unpaired) electrons. The maximum Gasteiger partial charge on any atom is 0.355 e. The zero-order valence-electron chi connectivity index (χ0n) is 11.3. The van der Waals surface area contributed by atoms with Crippen molar-refractivity contribution in [2.75, 3.05) is 12.0 Å². The molecular formula is C11H16N4O4S2. The number of thiazole rings is 1. The molecule has 1 rings (SSSR count). The average molecular weight is 332 g/mol. The van der Waals surface area contributed by atoms with Crippen molar-refractivity contribution < 1.29 is 19.5 Å². The van der Waals surface area contributed by atoms with Crippen molar-refractivity contribution in [3.8, 4) is 0 Å². The largest absolute Gasteiger partial charge is 0.476 e. The fraction of sp³-hybridized carbons (Fsp3) is 0.455. The Morgan fingerprint density at radius 3 is 2.76 bits per heavy atom. The van der Waals surface area contributed by atoms with Crippen LogP contribution in [0.3, 0.4) is 0 Å². The van der Waals surface area contributed by atoms with Gasteiger partial charge in [0, 0.05) is 5.38 Å². The topological polar surface area (TPSA) is 134 Å². The predicted octanol–water partition coefficient (Wildman–Crippen LogP) is 0.247. The summed E-state index contributed by atoms with van der Waals surface area (Å²) in [5.74, 6) is -0.800. The quantitative estimate of drug-likeness (QED) is 0.539. The summed E-state index contributed by atoms with van der Waals surface area (Å²) in [5.41, 5.74) is 4.98. The Morgan fingerprint density at radius 2 is 2.24 bits per heavy atom. The Hall–Kier alpha value is -1.81. The smallest absolute Gasteiger partial charge is 0.355 e. The van der Waals surface area contributed by atoms with Crippen LogP contribution in [0.15, 0.2) is 5.38 Å². The lowest BCUT2D eigenvalue weighted by Gasteiger charge is -2.16. The molecular weight excluding hydrogens is 316 g/mol. The zero-order chi connectivity index (χ0) is 15.8. The van der Waals surface area contributed by atoms with Crippen LogP contribution in [0.1, 0.15) is 21.9 Å². The van der Waals surface area contributed by atoms with Crippen LogP contribution in [0.4, 0.5) is 4.79 Å². The first-order chi connectivity index (χ1) is 9.93. The van der Waals surface area contributed by atoms with E-state index in [2.05, 4.69) is 15.6 Å². The van der Waals surface area contributed by atoms with Crippen LogP contribution < -0.4 is 16.4 Å². The number of urea groups is 1. The van der Waals surface area contributed by atoms with Gasteiger partial charge in [0.25, 0.3) is 0 Å². The van der Waals surface area contributed by atoms with Gasteiger partial charge in [-0.05, 0) is 18.4 Å². The van der Waals surface area contributed by atoms with E-state index in [-0.39, 0.29) is 18.1 Å². The molecule has 0 saturated carbocycles. The molecule has 0 saturated heterocycles. The Balaban J connectivity index is 2.55. The monoisotopic (exact) mass is 332 g/mol. The SMILES string of the molecule is CSCCC(NC(N)=O)C(=O)NCc1nc(C(=O)O)cs1. The molecule has 3 amide bonds. The number of carbonyl (C=O) groups is 3. The van der Waals surface area contributed by atoms with Crippen LogP contribution in [-0.4, -0.2) is 46.0 Å². The standard InChI is InChI=1S/C11H16N4O4S2/c1-20-3-2-6(15-11(12)19)9(16)13-4-8-14-7(5-21-8)10(17)18/h5-6H,2-4H2,1H3,(H,13,16)(H,17,18)(H3,12,15,19). The number of hydrogen-bond donors (Lipinski definition) is 4. The highest BCUT2D eigenvalue weighted by molar-refractivity contribution is 7.98. The highest BCUT2D eigenvalue weighted by Gasteiger charge is 2.19. The lowest BCUT2D eigenvalue weighted by atomic mass is 10.2. The van der Waals surface area contributed by atoms with E-state index >= 15 is 0 Å². The molecule has 0 bridgehead atoms. The van der Waals surface area contributed by atoms with E-state index in [9.17, 15) is 14.4 Å². The summed E-state index contributed by atoms with van der Waals surface area (Å²) < 4.78 is 0. The number of nitrogens with two attached hydrogens (primary N) is 1. The van der Waals surface area contributed by atoms with Gasteiger partial charge in [0.05, 0.1) is 6.54 Å². The Bertz CT molecular complexity index is 520. The Labute approximate surface area is 129 Å². The van der Waals surface area contributed by atoms with Crippen LogP contribution in [0.25, 0.3) is 0 Å². The van der Waals surface area contributed by atoms with Crippen molar-refractivity contribution in [3.05, 3.63) is 16.1 Å². The van der Waals surface area contributed by atoms with Crippen molar-refractivity contribution in [2.24, 2.45) is 5.73 Å². The summed E-state index contributed by atoms with van der Waals surface area (Å²) >= 11 is 2.69. The third kappa shape index (κ3) is 6.00. The first kappa shape index (κ1) is 17.2. The maximum absolute atomic E-state index is 12.0. The number of primary amides is 1. The summed E-state index contributed by atoms with van der Waals surface area (Å²) in [7, 11) is 0. The van der Waals surface area contributed by atoms with Crippen molar-refractivity contribution in [3.63, 3.8) is 0 Å². The van der Waals surface area contributed by atoms with Gasteiger partial charge < -0.3 is 21.5 Å². The molecule has 0 fully saturated rings. The molecule has 1 heterocycles. The number of thioether (sulfide) groups is 1. The summed E-state index contributed by atoms with van der Waals surface area (Å²) in [6.45, 7) is 0.104. The second-order valence-corrected chi connectivity index (χ2v) is 5.92. The summed E-state index contributed by atoms with van der Waals surface area (Å²) in [4.78, 5) is 37.4. The van der Waals surface area contributed by atoms with E-state index in [1.54, 1.807) is 11.8 Å². The number of hydrogen-bond acceptors (Lipinski definition) is 6. The van der Waals surface area contributed by atoms with E-state index in [0.29, 0.717) is 17.2 Å². The minimum atomic E-state index is -1.11. The molecule has 10 heteroatoms. The number of aromatic carboxylic acids is 1. The molecule has 1 aromatic rings. The van der Waals surface area contributed by atoms with Gasteiger partial charge in [-0.2, -0.15) is 11.8 Å². The van der Waals surface area contributed by atoms with E-state index in [4.69, 9.17) is 10.8 Å². The van der Waals surface area contributed by atoms with Crippen LogP contribution in [-0.2, 0) is 11.3 Å². The minimum Gasteiger partial charge on any atom is -0.476 e. The lowest BCUT2D eigenvalue weighted by Crippen LogP contribution is -2.48. The molecule has 8 nitrogen and oxygen atoms in total. The highest BCUT2D eigenvalue weighted by atomic mass is 32.2. The van der Waals surface area contributed by atoms with E-state index in [1.165, 1.54) is 5.38 Å². The lowest BCUT2D eigenvalue weighted by molar-refractivity contribution is -0.123. The number of carbonyl (C=O) groups excluding carboxylic acids is 2. The number of carboxylic acids is 1. The van der Waals surface area contributed by atoms with Gasteiger partial charge in [0.15, 0.2) is 5.69 Å². The highest BCUT2D eigenvalue weighted by Crippen LogP contribution is 2.09. The van der Waals surface area contributed by atoms with Crippen molar-refractivity contribution in [2.45, 2.75) is 19.0 Å². The molecule has 1 unspecified atom stereocenters. The summed E-state index contributed by atoms with van der Waals surface area (Å²) in [6.07, 6.45) is 2.34. The van der Waals surface area contributed by atoms with Gasteiger partial charge in [0.2, 0.25) is 5.91 Å². The van der Waals surface area contributed by atoms with Gasteiger partial charge in [-0.15, -0.1) is 11.3 Å². The first-order valence-corrected chi connectivity index (χ1v) is 8.21. The van der Waals surface area contributed by atoms with E-state index < -0.39 is 18.0 Å². The van der Waals surface area contributed by atoms with Crippen LogP contribution >= 0.6 is 23.1 Å². The number of nitrogens with zero attached hydrogens (tertiary/aromatic N) is 1. The Morgan fingerprint density at radius 1 is 1.52 bits per heavy atom. The van der Waals surface area contributed by atoms with Crippen LogP contribution in [0, 0.1) is 0 Å².